The van der Waals surface area contributed by atoms with E-state index in [4.69, 9.17) is 4.74 Å². The van der Waals surface area contributed by atoms with Gasteiger partial charge in [-0.05, 0) is 29.7 Å². The SMILES string of the molecule is CO[C@H]1C=C(c2ccc(F)cc2)[C@@H]2C=C[C@H]1C2. The molecular formula is C15H15FO. The lowest BCUT2D eigenvalue weighted by Gasteiger charge is -2.27. The minimum Gasteiger partial charge on any atom is -0.377 e. The zero-order valence-corrected chi connectivity index (χ0v) is 9.77. The number of halogens is 1. The fraction of sp³-hybridized carbons (Fsp3) is 0.333. The van der Waals surface area contributed by atoms with E-state index in [1.165, 1.54) is 17.7 Å². The predicted octanol–water partition coefficient (Wildman–Crippen LogP) is 3.43. The Kier molecular flexibility index (Phi) is 2.60. The lowest BCUT2D eigenvalue weighted by molar-refractivity contribution is 0.101. The van der Waals surface area contributed by atoms with E-state index in [1.807, 2.05) is 12.1 Å². The zero-order chi connectivity index (χ0) is 11.8. The third-order valence-corrected chi connectivity index (χ3v) is 3.73. The molecule has 3 rings (SSSR count). The molecule has 1 aromatic carbocycles. The molecule has 0 saturated carbocycles. The van der Waals surface area contributed by atoms with Crippen LogP contribution >= 0.6 is 0 Å². The minimum atomic E-state index is -0.187. The first kappa shape index (κ1) is 10.7. The number of rotatable bonds is 2. The number of hydrogen-bond acceptors (Lipinski definition) is 1. The van der Waals surface area contributed by atoms with Gasteiger partial charge in [-0.1, -0.05) is 30.4 Å². The smallest absolute Gasteiger partial charge is 0.123 e. The third kappa shape index (κ3) is 1.83. The van der Waals surface area contributed by atoms with Crippen LogP contribution in [0, 0.1) is 17.7 Å². The van der Waals surface area contributed by atoms with Gasteiger partial charge >= 0.3 is 0 Å². The fourth-order valence-electron chi connectivity index (χ4n) is 2.82. The van der Waals surface area contributed by atoms with Crippen LogP contribution in [0.4, 0.5) is 4.39 Å². The van der Waals surface area contributed by atoms with E-state index in [9.17, 15) is 4.39 Å². The molecule has 0 radical (unpaired) electrons. The van der Waals surface area contributed by atoms with E-state index in [2.05, 4.69) is 18.2 Å². The predicted molar refractivity (Wildman–Crippen MR) is 65.9 cm³/mol. The summed E-state index contributed by atoms with van der Waals surface area (Å²) in [6.45, 7) is 0. The standard InChI is InChI=1S/C15H15FO/c1-17-15-9-14(11-2-3-12(15)8-11)10-4-6-13(16)7-5-10/h2-7,9,11-12,15H,8H2,1H3/t11-,12+,15+/m1/s1. The number of ether oxygens (including phenoxy) is 1. The van der Waals surface area contributed by atoms with Crippen LogP contribution in [0.1, 0.15) is 12.0 Å². The van der Waals surface area contributed by atoms with Crippen molar-refractivity contribution in [1.82, 2.24) is 0 Å². The quantitative estimate of drug-likeness (QED) is 0.707. The second kappa shape index (κ2) is 4.11. The van der Waals surface area contributed by atoms with Crippen LogP contribution in [0.3, 0.4) is 0 Å². The van der Waals surface area contributed by atoms with Crippen LogP contribution in [0.2, 0.25) is 0 Å². The summed E-state index contributed by atoms with van der Waals surface area (Å²) in [5.74, 6) is 0.791. The molecule has 2 aliphatic carbocycles. The zero-order valence-electron chi connectivity index (χ0n) is 9.77. The van der Waals surface area contributed by atoms with Gasteiger partial charge in [0.25, 0.3) is 0 Å². The number of fused-ring (bicyclic) bond motifs is 2. The Labute approximate surface area is 101 Å². The van der Waals surface area contributed by atoms with Crippen molar-refractivity contribution >= 4 is 5.57 Å². The summed E-state index contributed by atoms with van der Waals surface area (Å²) in [7, 11) is 1.75. The molecule has 1 nitrogen and oxygen atoms in total. The highest BCUT2D eigenvalue weighted by atomic mass is 19.1. The molecule has 0 N–H and O–H groups in total. The van der Waals surface area contributed by atoms with Crippen LogP contribution in [0.25, 0.3) is 5.57 Å². The molecule has 2 heteroatoms. The third-order valence-electron chi connectivity index (χ3n) is 3.73. The van der Waals surface area contributed by atoms with Gasteiger partial charge in [-0.3, -0.25) is 0 Å². The van der Waals surface area contributed by atoms with E-state index in [1.54, 1.807) is 7.11 Å². The van der Waals surface area contributed by atoms with Crippen molar-refractivity contribution in [2.45, 2.75) is 12.5 Å². The van der Waals surface area contributed by atoms with Gasteiger partial charge in [-0.15, -0.1) is 0 Å². The molecule has 0 heterocycles. The molecule has 0 fully saturated rings. The lowest BCUT2D eigenvalue weighted by Crippen LogP contribution is -2.23. The summed E-state index contributed by atoms with van der Waals surface area (Å²) in [4.78, 5) is 0. The van der Waals surface area contributed by atoms with Gasteiger partial charge in [0.05, 0.1) is 6.10 Å². The number of benzene rings is 1. The monoisotopic (exact) mass is 230 g/mol. The summed E-state index contributed by atoms with van der Waals surface area (Å²) in [6, 6.07) is 6.73. The molecule has 0 amide bonds. The molecular weight excluding hydrogens is 215 g/mol. The van der Waals surface area contributed by atoms with Gasteiger partial charge in [-0.25, -0.2) is 4.39 Å². The van der Waals surface area contributed by atoms with Gasteiger partial charge in [0.15, 0.2) is 0 Å². The Hall–Kier alpha value is -1.41. The van der Waals surface area contributed by atoms with Crippen molar-refractivity contribution in [3.8, 4) is 0 Å². The van der Waals surface area contributed by atoms with Crippen LogP contribution in [-0.2, 0) is 4.74 Å². The summed E-state index contributed by atoms with van der Waals surface area (Å²) >= 11 is 0. The van der Waals surface area contributed by atoms with Crippen molar-refractivity contribution in [3.63, 3.8) is 0 Å². The summed E-state index contributed by atoms with van der Waals surface area (Å²) in [5.41, 5.74) is 2.37. The van der Waals surface area contributed by atoms with Gasteiger partial charge in [-0.2, -0.15) is 0 Å². The van der Waals surface area contributed by atoms with E-state index in [0.29, 0.717) is 11.8 Å². The lowest BCUT2D eigenvalue weighted by atomic mass is 9.82. The summed E-state index contributed by atoms with van der Waals surface area (Å²) < 4.78 is 18.4. The molecule has 17 heavy (non-hydrogen) atoms. The molecule has 88 valence electrons. The summed E-state index contributed by atoms with van der Waals surface area (Å²) in [5, 5.41) is 0. The number of allylic oxidation sites excluding steroid dienone is 2. The van der Waals surface area contributed by atoms with Crippen molar-refractivity contribution in [1.29, 1.82) is 0 Å². The van der Waals surface area contributed by atoms with Crippen molar-refractivity contribution in [2.24, 2.45) is 11.8 Å². The molecule has 0 aliphatic heterocycles. The largest absolute Gasteiger partial charge is 0.377 e. The maximum atomic E-state index is 12.9. The molecule has 0 spiro atoms. The normalized spacial score (nSPS) is 30.5. The second-order valence-corrected chi connectivity index (χ2v) is 4.72. The maximum Gasteiger partial charge on any atom is 0.123 e. The fourth-order valence-corrected chi connectivity index (χ4v) is 2.82. The number of methoxy groups -OCH3 is 1. The van der Waals surface area contributed by atoms with Crippen molar-refractivity contribution < 1.29 is 9.13 Å². The maximum absolute atomic E-state index is 12.9. The Morgan fingerprint density at radius 1 is 1.18 bits per heavy atom. The molecule has 1 aromatic rings. The molecule has 2 bridgehead atoms. The van der Waals surface area contributed by atoms with Crippen molar-refractivity contribution in [2.75, 3.05) is 7.11 Å². The van der Waals surface area contributed by atoms with E-state index >= 15 is 0 Å². The average Bonchev–Trinajstić information content (AvgIpc) is 2.76. The van der Waals surface area contributed by atoms with Crippen LogP contribution in [0.5, 0.6) is 0 Å². The van der Waals surface area contributed by atoms with E-state index < -0.39 is 0 Å². The topological polar surface area (TPSA) is 9.23 Å². The first-order valence-corrected chi connectivity index (χ1v) is 5.96. The van der Waals surface area contributed by atoms with Gasteiger partial charge in [0, 0.05) is 18.9 Å². The summed E-state index contributed by atoms with van der Waals surface area (Å²) in [6.07, 6.45) is 7.95. The average molecular weight is 230 g/mol. The highest BCUT2D eigenvalue weighted by Gasteiger charge is 2.33. The molecule has 0 saturated heterocycles. The first-order chi connectivity index (χ1) is 8.28. The molecule has 3 atom stereocenters. The Bertz CT molecular complexity index is 472. The Morgan fingerprint density at radius 3 is 2.65 bits per heavy atom. The van der Waals surface area contributed by atoms with Crippen LogP contribution in [0.15, 0.2) is 42.5 Å². The van der Waals surface area contributed by atoms with E-state index in [-0.39, 0.29) is 11.9 Å². The Balaban J connectivity index is 1.99. The van der Waals surface area contributed by atoms with Crippen LogP contribution in [-0.4, -0.2) is 13.2 Å². The highest BCUT2D eigenvalue weighted by Crippen LogP contribution is 2.42. The van der Waals surface area contributed by atoms with Gasteiger partial charge < -0.3 is 4.74 Å². The van der Waals surface area contributed by atoms with Crippen molar-refractivity contribution in [3.05, 3.63) is 53.9 Å². The first-order valence-electron chi connectivity index (χ1n) is 5.96. The minimum absolute atomic E-state index is 0.157. The molecule has 0 unspecified atom stereocenters. The Morgan fingerprint density at radius 2 is 1.94 bits per heavy atom. The highest BCUT2D eigenvalue weighted by molar-refractivity contribution is 5.71. The number of hydrogen-bond donors (Lipinski definition) is 0. The van der Waals surface area contributed by atoms with E-state index in [0.717, 1.165) is 12.0 Å². The van der Waals surface area contributed by atoms with Gasteiger partial charge in [0.1, 0.15) is 5.82 Å². The molecule has 0 aromatic heterocycles. The van der Waals surface area contributed by atoms with Gasteiger partial charge in [0.2, 0.25) is 0 Å². The second-order valence-electron chi connectivity index (χ2n) is 4.72. The molecule has 2 aliphatic rings. The van der Waals surface area contributed by atoms with Crippen LogP contribution < -0.4 is 0 Å².